The number of hydrogen-bond donors (Lipinski definition) is 2. The smallest absolute Gasteiger partial charge is 0.325 e. The summed E-state index contributed by atoms with van der Waals surface area (Å²) in [5.74, 6) is -0.862. The van der Waals surface area contributed by atoms with Crippen LogP contribution < -0.4 is 10.6 Å². The van der Waals surface area contributed by atoms with Crippen molar-refractivity contribution in [3.05, 3.63) is 57.2 Å². The second-order valence-electron chi connectivity index (χ2n) is 6.26. The molecule has 8 heteroatoms. The van der Waals surface area contributed by atoms with E-state index >= 15 is 0 Å². The highest BCUT2D eigenvalue weighted by Gasteiger charge is 2.49. The predicted octanol–water partition coefficient (Wildman–Crippen LogP) is 3.05. The molecule has 1 aromatic carbocycles. The summed E-state index contributed by atoms with van der Waals surface area (Å²) in [7, 11) is 0. The monoisotopic (exact) mass is 391 g/mol. The SMILES string of the molecule is CC(NC(=O)CN1C(=O)NC(C)(c2ccc(Cl)cc2)C1=O)c1cccs1. The van der Waals surface area contributed by atoms with Crippen molar-refractivity contribution in [3.8, 4) is 0 Å². The van der Waals surface area contributed by atoms with Gasteiger partial charge in [-0.3, -0.25) is 14.5 Å². The van der Waals surface area contributed by atoms with E-state index in [1.165, 1.54) is 11.3 Å². The van der Waals surface area contributed by atoms with Crippen LogP contribution in [0, 0.1) is 0 Å². The van der Waals surface area contributed by atoms with E-state index in [-0.39, 0.29) is 12.6 Å². The van der Waals surface area contributed by atoms with Crippen LogP contribution in [0.5, 0.6) is 0 Å². The molecular formula is C18H18ClN3O3S. The summed E-state index contributed by atoms with van der Waals surface area (Å²) in [5.41, 5.74) is -0.614. The Labute approximate surface area is 160 Å². The normalized spacial score (nSPS) is 20.8. The summed E-state index contributed by atoms with van der Waals surface area (Å²) in [6, 6.07) is 9.71. The minimum atomic E-state index is -1.22. The van der Waals surface area contributed by atoms with Crippen molar-refractivity contribution in [1.82, 2.24) is 15.5 Å². The largest absolute Gasteiger partial charge is 0.347 e. The molecule has 26 heavy (non-hydrogen) atoms. The Balaban J connectivity index is 1.71. The van der Waals surface area contributed by atoms with E-state index in [0.717, 1.165) is 9.78 Å². The Kier molecular flexibility index (Phi) is 5.02. The summed E-state index contributed by atoms with van der Waals surface area (Å²) < 4.78 is 0. The number of rotatable bonds is 5. The topological polar surface area (TPSA) is 78.5 Å². The molecule has 1 aliphatic heterocycles. The van der Waals surface area contributed by atoms with Crippen molar-refractivity contribution in [3.63, 3.8) is 0 Å². The van der Waals surface area contributed by atoms with Crippen molar-refractivity contribution < 1.29 is 14.4 Å². The van der Waals surface area contributed by atoms with Gasteiger partial charge in [0.1, 0.15) is 12.1 Å². The summed E-state index contributed by atoms with van der Waals surface area (Å²) in [6.07, 6.45) is 0. The van der Waals surface area contributed by atoms with Crippen molar-refractivity contribution in [1.29, 1.82) is 0 Å². The molecule has 2 aromatic rings. The van der Waals surface area contributed by atoms with E-state index in [2.05, 4.69) is 10.6 Å². The molecule has 0 spiro atoms. The Morgan fingerprint density at radius 2 is 2.00 bits per heavy atom. The van der Waals surface area contributed by atoms with Gasteiger partial charge in [-0.15, -0.1) is 11.3 Å². The van der Waals surface area contributed by atoms with E-state index in [0.29, 0.717) is 10.6 Å². The molecule has 1 fully saturated rings. The van der Waals surface area contributed by atoms with Crippen molar-refractivity contribution in [2.75, 3.05) is 6.54 Å². The van der Waals surface area contributed by atoms with Gasteiger partial charge in [0.05, 0.1) is 6.04 Å². The standard InChI is InChI=1S/C18H18ClN3O3S/c1-11(14-4-3-9-26-14)20-15(23)10-22-16(24)18(2,21-17(22)25)12-5-7-13(19)8-6-12/h3-9,11H,10H2,1-2H3,(H,20,23)(H,21,25). The van der Waals surface area contributed by atoms with E-state index in [1.54, 1.807) is 31.2 Å². The maximum Gasteiger partial charge on any atom is 0.325 e. The number of imide groups is 1. The van der Waals surface area contributed by atoms with Gasteiger partial charge in [0.25, 0.3) is 5.91 Å². The minimum absolute atomic E-state index is 0.189. The fourth-order valence-corrected chi connectivity index (χ4v) is 3.72. The number of amides is 4. The number of carbonyl (C=O) groups excluding carboxylic acids is 3. The van der Waals surface area contributed by atoms with E-state index in [1.807, 2.05) is 24.4 Å². The third-order valence-electron chi connectivity index (χ3n) is 4.35. The zero-order chi connectivity index (χ0) is 18.9. The first-order valence-electron chi connectivity index (χ1n) is 8.04. The van der Waals surface area contributed by atoms with Crippen LogP contribution in [0.2, 0.25) is 5.02 Å². The average molecular weight is 392 g/mol. The van der Waals surface area contributed by atoms with Gasteiger partial charge >= 0.3 is 6.03 Å². The zero-order valence-electron chi connectivity index (χ0n) is 14.3. The Morgan fingerprint density at radius 3 is 2.62 bits per heavy atom. The van der Waals surface area contributed by atoms with Crippen molar-refractivity contribution in [2.24, 2.45) is 0 Å². The van der Waals surface area contributed by atoms with Crippen LogP contribution in [0.3, 0.4) is 0 Å². The number of nitrogens with zero attached hydrogens (tertiary/aromatic N) is 1. The molecule has 3 rings (SSSR count). The highest BCUT2D eigenvalue weighted by atomic mass is 35.5. The average Bonchev–Trinajstić information content (AvgIpc) is 3.20. The van der Waals surface area contributed by atoms with Crippen LogP contribution in [0.15, 0.2) is 41.8 Å². The maximum absolute atomic E-state index is 12.8. The highest BCUT2D eigenvalue weighted by molar-refractivity contribution is 7.10. The number of benzene rings is 1. The Morgan fingerprint density at radius 1 is 1.31 bits per heavy atom. The molecule has 0 bridgehead atoms. The fraction of sp³-hybridized carbons (Fsp3) is 0.278. The van der Waals surface area contributed by atoms with Crippen LogP contribution >= 0.6 is 22.9 Å². The van der Waals surface area contributed by atoms with Crippen LogP contribution in [-0.2, 0) is 15.1 Å². The Bertz CT molecular complexity index is 838. The molecule has 6 nitrogen and oxygen atoms in total. The lowest BCUT2D eigenvalue weighted by atomic mass is 9.92. The number of nitrogens with one attached hydrogen (secondary N) is 2. The molecule has 2 N–H and O–H groups in total. The summed E-state index contributed by atoms with van der Waals surface area (Å²) >= 11 is 7.41. The van der Waals surface area contributed by atoms with Gasteiger partial charge < -0.3 is 10.6 Å². The third-order valence-corrected chi connectivity index (χ3v) is 5.65. The zero-order valence-corrected chi connectivity index (χ0v) is 15.9. The van der Waals surface area contributed by atoms with Crippen LogP contribution in [0.25, 0.3) is 0 Å². The number of halogens is 1. The Hall–Kier alpha value is -2.38. The van der Waals surface area contributed by atoms with Crippen molar-refractivity contribution >= 4 is 40.8 Å². The molecule has 1 aliphatic rings. The van der Waals surface area contributed by atoms with E-state index < -0.39 is 23.4 Å². The van der Waals surface area contributed by atoms with Gasteiger partial charge in [-0.05, 0) is 43.0 Å². The fourth-order valence-electron chi connectivity index (χ4n) is 2.86. The molecular weight excluding hydrogens is 374 g/mol. The highest BCUT2D eigenvalue weighted by Crippen LogP contribution is 2.29. The van der Waals surface area contributed by atoms with Crippen LogP contribution in [-0.4, -0.2) is 29.3 Å². The lowest BCUT2D eigenvalue weighted by Crippen LogP contribution is -2.43. The first-order valence-corrected chi connectivity index (χ1v) is 9.30. The number of carbonyl (C=O) groups is 3. The summed E-state index contributed by atoms with van der Waals surface area (Å²) in [5, 5.41) is 7.93. The quantitative estimate of drug-likeness (QED) is 0.769. The first kappa shape index (κ1) is 18.4. The molecule has 4 amide bonds. The minimum Gasteiger partial charge on any atom is -0.347 e. The second kappa shape index (κ2) is 7.09. The number of hydrogen-bond acceptors (Lipinski definition) is 4. The number of urea groups is 1. The molecule has 0 radical (unpaired) electrons. The summed E-state index contributed by atoms with van der Waals surface area (Å²) in [6.45, 7) is 3.14. The summed E-state index contributed by atoms with van der Waals surface area (Å²) in [4.78, 5) is 39.3. The third kappa shape index (κ3) is 3.45. The second-order valence-corrected chi connectivity index (χ2v) is 7.67. The van der Waals surface area contributed by atoms with Gasteiger partial charge in [0.15, 0.2) is 0 Å². The van der Waals surface area contributed by atoms with Gasteiger partial charge in [-0.2, -0.15) is 0 Å². The lowest BCUT2D eigenvalue weighted by molar-refractivity contribution is -0.135. The van der Waals surface area contributed by atoms with E-state index in [4.69, 9.17) is 11.6 Å². The maximum atomic E-state index is 12.8. The molecule has 0 saturated carbocycles. The van der Waals surface area contributed by atoms with Gasteiger partial charge in [-0.1, -0.05) is 29.8 Å². The first-order chi connectivity index (χ1) is 12.3. The molecule has 1 saturated heterocycles. The molecule has 2 heterocycles. The lowest BCUT2D eigenvalue weighted by Gasteiger charge is -2.22. The molecule has 2 unspecified atom stereocenters. The van der Waals surface area contributed by atoms with Gasteiger partial charge in [-0.25, -0.2) is 4.79 Å². The van der Waals surface area contributed by atoms with Crippen LogP contribution in [0.1, 0.15) is 30.3 Å². The van der Waals surface area contributed by atoms with Crippen molar-refractivity contribution in [2.45, 2.75) is 25.4 Å². The predicted molar refractivity (Wildman–Crippen MR) is 99.9 cm³/mol. The van der Waals surface area contributed by atoms with E-state index in [9.17, 15) is 14.4 Å². The molecule has 0 aliphatic carbocycles. The van der Waals surface area contributed by atoms with Crippen LogP contribution in [0.4, 0.5) is 4.79 Å². The molecule has 136 valence electrons. The van der Waals surface area contributed by atoms with Gasteiger partial charge in [0, 0.05) is 9.90 Å². The molecule has 2 atom stereocenters. The number of thiophene rings is 1. The molecule has 1 aromatic heterocycles. The van der Waals surface area contributed by atoms with Gasteiger partial charge in [0.2, 0.25) is 5.91 Å².